The average Bonchev–Trinajstić information content (AvgIpc) is 3.81. The van der Waals surface area contributed by atoms with Crippen LogP contribution >= 0.6 is 0 Å². The number of fused-ring (bicyclic) bond motifs is 2. The van der Waals surface area contributed by atoms with Crippen molar-refractivity contribution in [3.05, 3.63) is 130 Å². The maximum Gasteiger partial charge on any atom is 0.311 e. The van der Waals surface area contributed by atoms with E-state index in [-0.39, 0.29) is 23.4 Å². The molecule has 14 heteroatoms. The van der Waals surface area contributed by atoms with Crippen molar-refractivity contribution in [2.24, 2.45) is 0 Å². The van der Waals surface area contributed by atoms with E-state index in [2.05, 4.69) is 10.1 Å². The second kappa shape index (κ2) is 27.0. The first kappa shape index (κ1) is 53.7. The molecule has 4 aromatic carbocycles. The van der Waals surface area contributed by atoms with E-state index in [4.69, 9.17) is 18.9 Å². The van der Waals surface area contributed by atoms with Crippen LogP contribution < -0.4 is 10.2 Å². The molecule has 0 aromatic heterocycles. The standard InChI is InChI=1S/C23H23NO4.C13H20O3.C12H13NO2.C4H6O3/c1-4-9-20(26)17-12-13-19-18(14-17)21(23(27)24(19)15(3)25)22(28-5-2)16-10-7-6-8-11-16;1-4-14-13(15-5-2,16-6-3)12-10-8-7-9-11-12;1-2-3-11(14)8-4-5-10-9(6-8)7-12(15)13-10;1-3(5)7-4(2)6/h6-8,10-14H,4-5,9H2,1-3H3;7-11H,4-6H2,1-3H3;4-6H,2-3,7H2,1H3,(H,13,15);1-2H3/b22-21-;;;. The van der Waals surface area contributed by atoms with Gasteiger partial charge in [-0.1, -0.05) is 74.5 Å². The van der Waals surface area contributed by atoms with Crippen LogP contribution in [0.1, 0.15) is 131 Å². The van der Waals surface area contributed by atoms with Gasteiger partial charge in [0, 0.05) is 86.9 Å². The summed E-state index contributed by atoms with van der Waals surface area (Å²) in [6.45, 7) is 17.2. The predicted octanol–water partition coefficient (Wildman–Crippen LogP) is 9.63. The van der Waals surface area contributed by atoms with Gasteiger partial charge in [-0.3, -0.25) is 33.6 Å². The Hall–Kier alpha value is -6.61. The van der Waals surface area contributed by atoms with Gasteiger partial charge < -0.3 is 29.0 Å². The van der Waals surface area contributed by atoms with E-state index in [0.717, 1.165) is 40.1 Å². The van der Waals surface area contributed by atoms with E-state index in [9.17, 15) is 33.6 Å². The minimum atomic E-state index is -1.06. The number of nitrogens with one attached hydrogen (secondary N) is 1. The summed E-state index contributed by atoms with van der Waals surface area (Å²) in [5, 5.41) is 2.75. The minimum absolute atomic E-state index is 0.00471. The van der Waals surface area contributed by atoms with Crippen LogP contribution in [-0.2, 0) is 60.1 Å². The number of hydrogen-bond donors (Lipinski definition) is 1. The number of nitrogens with zero attached hydrogens (tertiary/aromatic N) is 1. The molecule has 6 rings (SSSR count). The molecule has 2 aliphatic heterocycles. The normalized spacial score (nSPS) is 13.0. The highest BCUT2D eigenvalue weighted by Crippen LogP contribution is 2.42. The van der Waals surface area contributed by atoms with E-state index in [1.165, 1.54) is 20.8 Å². The highest BCUT2D eigenvalue weighted by molar-refractivity contribution is 6.43. The van der Waals surface area contributed by atoms with Gasteiger partial charge in [0.05, 0.1) is 24.3 Å². The fourth-order valence-corrected chi connectivity index (χ4v) is 6.94. The summed E-state index contributed by atoms with van der Waals surface area (Å²) in [6, 6.07) is 29.5. The Morgan fingerprint density at radius 2 is 1.14 bits per heavy atom. The van der Waals surface area contributed by atoms with Gasteiger partial charge in [-0.05, 0) is 82.5 Å². The molecule has 0 bridgehead atoms. The Balaban J connectivity index is 0.000000259. The fourth-order valence-electron chi connectivity index (χ4n) is 6.94. The van der Waals surface area contributed by atoms with Crippen molar-refractivity contribution in [2.75, 3.05) is 36.6 Å². The molecule has 0 radical (unpaired) electrons. The number of rotatable bonds is 16. The molecule has 1 N–H and O–H groups in total. The largest absolute Gasteiger partial charge is 0.492 e. The first-order valence-corrected chi connectivity index (χ1v) is 22.2. The molecule has 0 fully saturated rings. The van der Waals surface area contributed by atoms with E-state index >= 15 is 0 Å². The maximum absolute atomic E-state index is 13.2. The van der Waals surface area contributed by atoms with Crippen molar-refractivity contribution in [3.63, 3.8) is 0 Å². The van der Waals surface area contributed by atoms with Crippen molar-refractivity contribution in [1.29, 1.82) is 0 Å². The van der Waals surface area contributed by atoms with Crippen LogP contribution in [-0.4, -0.2) is 67.7 Å². The summed E-state index contributed by atoms with van der Waals surface area (Å²) in [5.74, 6) is -2.41. The number of Topliss-reactive ketones (excluding diaryl/α,β-unsaturated/α-hetero) is 2. The highest BCUT2D eigenvalue weighted by Gasteiger charge is 2.39. The van der Waals surface area contributed by atoms with Crippen molar-refractivity contribution in [2.45, 2.75) is 100 Å². The number of esters is 2. The zero-order chi connectivity index (χ0) is 48.8. The van der Waals surface area contributed by atoms with E-state index in [0.29, 0.717) is 79.4 Å². The van der Waals surface area contributed by atoms with Gasteiger partial charge in [0.25, 0.3) is 5.91 Å². The molecule has 0 saturated carbocycles. The summed E-state index contributed by atoms with van der Waals surface area (Å²) in [4.78, 5) is 81.3. The molecule has 0 saturated heterocycles. The van der Waals surface area contributed by atoms with Crippen molar-refractivity contribution < 1.29 is 57.2 Å². The lowest BCUT2D eigenvalue weighted by atomic mass is 9.97. The van der Waals surface area contributed by atoms with Crippen LogP contribution in [0, 0.1) is 0 Å². The maximum atomic E-state index is 13.2. The molecule has 4 aromatic rings. The summed E-state index contributed by atoms with van der Waals surface area (Å²) < 4.78 is 26.8. The molecule has 352 valence electrons. The molecular weight excluding hydrogens is 845 g/mol. The Morgan fingerprint density at radius 3 is 1.61 bits per heavy atom. The highest BCUT2D eigenvalue weighted by atomic mass is 16.9. The molecule has 0 unspecified atom stereocenters. The number of carbonyl (C=O) groups excluding carboxylic acids is 7. The van der Waals surface area contributed by atoms with E-state index in [1.807, 2.05) is 114 Å². The summed E-state index contributed by atoms with van der Waals surface area (Å²) in [7, 11) is 0. The van der Waals surface area contributed by atoms with Gasteiger partial charge in [-0.25, -0.2) is 4.90 Å². The lowest BCUT2D eigenvalue weighted by Gasteiger charge is -2.32. The van der Waals surface area contributed by atoms with E-state index < -0.39 is 23.8 Å². The predicted molar refractivity (Wildman–Crippen MR) is 252 cm³/mol. The van der Waals surface area contributed by atoms with Crippen molar-refractivity contribution >= 4 is 63.9 Å². The molecule has 0 spiro atoms. The number of benzene rings is 4. The molecule has 66 heavy (non-hydrogen) atoms. The Bertz CT molecular complexity index is 2310. The quantitative estimate of drug-likeness (QED) is 0.0281. The summed E-state index contributed by atoms with van der Waals surface area (Å²) in [6.07, 6.45) is 2.99. The fraction of sp³-hybridized carbons (Fsp3) is 0.365. The zero-order valence-corrected chi connectivity index (χ0v) is 39.4. The number of hydrogen-bond acceptors (Lipinski definition) is 12. The summed E-state index contributed by atoms with van der Waals surface area (Å²) in [5.41, 5.74) is 5.99. The van der Waals surface area contributed by atoms with Gasteiger partial charge in [-0.15, -0.1) is 0 Å². The van der Waals surface area contributed by atoms with Crippen LogP contribution in [0.15, 0.2) is 97.1 Å². The molecule has 14 nitrogen and oxygen atoms in total. The number of carbonyl (C=O) groups is 7. The molecule has 2 heterocycles. The second-order valence-corrected chi connectivity index (χ2v) is 14.6. The van der Waals surface area contributed by atoms with Gasteiger partial charge >= 0.3 is 17.9 Å². The van der Waals surface area contributed by atoms with Gasteiger partial charge in [0.15, 0.2) is 11.6 Å². The first-order chi connectivity index (χ1) is 31.6. The van der Waals surface area contributed by atoms with Gasteiger partial charge in [-0.2, -0.15) is 0 Å². The smallest absolute Gasteiger partial charge is 0.311 e. The van der Waals surface area contributed by atoms with Crippen molar-refractivity contribution in [1.82, 2.24) is 0 Å². The SMILES string of the molecule is CC(=O)OC(C)=O.CCCC(=O)c1ccc2c(c1)/C(=C(/OCC)c1ccccc1)C(=O)N2C(C)=O.CCCC(=O)c1ccc2c(c1)CC(=O)N2.CCOC(OCC)(OCC)c1ccccc1. The van der Waals surface area contributed by atoms with E-state index in [1.54, 1.807) is 24.3 Å². The van der Waals surface area contributed by atoms with Crippen LogP contribution in [0.5, 0.6) is 0 Å². The van der Waals surface area contributed by atoms with Crippen LogP contribution in [0.3, 0.4) is 0 Å². The van der Waals surface area contributed by atoms with Crippen LogP contribution in [0.25, 0.3) is 11.3 Å². The Labute approximate surface area is 387 Å². The number of ether oxygens (including phenoxy) is 5. The lowest BCUT2D eigenvalue weighted by Crippen LogP contribution is -2.36. The summed E-state index contributed by atoms with van der Waals surface area (Å²) >= 11 is 0. The van der Waals surface area contributed by atoms with Crippen LogP contribution in [0.2, 0.25) is 0 Å². The second-order valence-electron chi connectivity index (χ2n) is 14.6. The Morgan fingerprint density at radius 1 is 0.621 bits per heavy atom. The molecule has 2 aliphatic rings. The molecule has 0 aliphatic carbocycles. The third kappa shape index (κ3) is 15.0. The number of anilines is 2. The third-order valence-corrected chi connectivity index (χ3v) is 9.54. The number of amides is 3. The first-order valence-electron chi connectivity index (χ1n) is 22.2. The van der Waals surface area contributed by atoms with Crippen LogP contribution in [0.4, 0.5) is 11.4 Å². The molecular formula is C52H62N2O12. The lowest BCUT2D eigenvalue weighted by molar-refractivity contribution is -0.389. The number of ketones is 2. The molecule has 0 atom stereocenters. The van der Waals surface area contributed by atoms with Gasteiger partial charge in [0.2, 0.25) is 11.8 Å². The minimum Gasteiger partial charge on any atom is -0.492 e. The number of imide groups is 1. The Kier molecular flexibility index (Phi) is 22.0. The molecule has 3 amide bonds. The zero-order valence-electron chi connectivity index (χ0n) is 39.4. The third-order valence-electron chi connectivity index (χ3n) is 9.54. The average molecular weight is 907 g/mol. The monoisotopic (exact) mass is 906 g/mol. The topological polar surface area (TPSA) is 181 Å². The van der Waals surface area contributed by atoms with Gasteiger partial charge in [0.1, 0.15) is 5.76 Å². The van der Waals surface area contributed by atoms with Crippen molar-refractivity contribution in [3.8, 4) is 0 Å².